The summed E-state index contributed by atoms with van der Waals surface area (Å²) in [7, 11) is 0. The van der Waals surface area contributed by atoms with Crippen LogP contribution in [0.25, 0.3) is 11.5 Å². The molecule has 4 rings (SSSR count). The van der Waals surface area contributed by atoms with E-state index in [4.69, 9.17) is 20.8 Å². The highest BCUT2D eigenvalue weighted by Gasteiger charge is 2.23. The Kier molecular flexibility index (Phi) is 5.68. The molecule has 0 aliphatic carbocycles. The maximum Gasteiger partial charge on any atom is 0.343 e. The summed E-state index contributed by atoms with van der Waals surface area (Å²) in [5.41, 5.74) is 3.24. The van der Waals surface area contributed by atoms with E-state index in [1.807, 2.05) is 60.7 Å². The molecule has 0 aliphatic heterocycles. The molecule has 0 spiro atoms. The van der Waals surface area contributed by atoms with E-state index in [1.54, 1.807) is 18.5 Å². The van der Waals surface area contributed by atoms with Crippen molar-refractivity contribution < 1.29 is 13.9 Å². The van der Waals surface area contributed by atoms with Gasteiger partial charge in [-0.1, -0.05) is 60.1 Å². The number of halogens is 1. The van der Waals surface area contributed by atoms with Gasteiger partial charge in [-0.15, -0.1) is 0 Å². The normalized spacial score (nSPS) is 10.9. The van der Waals surface area contributed by atoms with Gasteiger partial charge in [0.05, 0.1) is 12.2 Å². The van der Waals surface area contributed by atoms with Gasteiger partial charge in [0.2, 0.25) is 5.89 Å². The number of nitrogens with zero attached hydrogens (tertiary/aromatic N) is 3. The Balaban J connectivity index is 1.48. The van der Waals surface area contributed by atoms with Crippen LogP contribution in [0.4, 0.5) is 0 Å². The van der Waals surface area contributed by atoms with E-state index >= 15 is 0 Å². The average Bonchev–Trinajstić information content (AvgIpc) is 3.26. The molecule has 2 aromatic heterocycles. The molecule has 6 nitrogen and oxygen atoms in total. The molecule has 0 fully saturated rings. The molecule has 0 N–H and O–H groups in total. The molecule has 0 saturated heterocycles. The molecule has 0 atom stereocenters. The molecule has 0 aliphatic rings. The number of carbonyl (C=O) groups excluding carboxylic acids is 1. The summed E-state index contributed by atoms with van der Waals surface area (Å²) in [6.07, 6.45) is 0. The summed E-state index contributed by atoms with van der Waals surface area (Å²) in [6.45, 7) is 3.98. The number of esters is 1. The summed E-state index contributed by atoms with van der Waals surface area (Å²) in [5, 5.41) is 4.65. The van der Waals surface area contributed by atoms with Crippen LogP contribution in [-0.4, -0.2) is 20.7 Å². The number of benzene rings is 2. The molecule has 7 heteroatoms. The molecule has 2 aromatic carbocycles. The molecule has 152 valence electrons. The largest absolute Gasteiger partial charge is 0.455 e. The zero-order valence-corrected chi connectivity index (χ0v) is 17.4. The van der Waals surface area contributed by atoms with Crippen LogP contribution in [0.5, 0.6) is 0 Å². The first kappa shape index (κ1) is 19.9. The standard InChI is InChI=1S/C23H20ClN3O3/c1-15-20(21(24)27(26-15)13-17-9-5-3-6-10-17)23(28)29-14-19-16(2)30-22(25-19)18-11-7-4-8-12-18/h3-12H,13-14H2,1-2H3. The van der Waals surface area contributed by atoms with Gasteiger partial charge < -0.3 is 9.15 Å². The van der Waals surface area contributed by atoms with Crippen LogP contribution in [0.2, 0.25) is 5.15 Å². The van der Waals surface area contributed by atoms with Gasteiger partial charge in [0.15, 0.2) is 0 Å². The van der Waals surface area contributed by atoms with Gasteiger partial charge in [-0.2, -0.15) is 5.10 Å². The van der Waals surface area contributed by atoms with Crippen molar-refractivity contribution >= 4 is 17.6 Å². The van der Waals surface area contributed by atoms with Crippen LogP contribution in [0, 0.1) is 13.8 Å². The number of ether oxygens (including phenoxy) is 1. The predicted octanol–water partition coefficient (Wildman–Crippen LogP) is 5.21. The Bertz CT molecular complexity index is 1170. The van der Waals surface area contributed by atoms with Crippen LogP contribution in [0.3, 0.4) is 0 Å². The van der Waals surface area contributed by atoms with Gasteiger partial charge in [-0.3, -0.25) is 0 Å². The maximum absolute atomic E-state index is 12.7. The zero-order chi connectivity index (χ0) is 21.1. The first-order valence-electron chi connectivity index (χ1n) is 9.48. The SMILES string of the molecule is Cc1nn(Cc2ccccc2)c(Cl)c1C(=O)OCc1nc(-c2ccccc2)oc1C. The van der Waals surface area contributed by atoms with Gasteiger partial charge in [0, 0.05) is 5.56 Å². The molecular weight excluding hydrogens is 402 g/mol. The highest BCUT2D eigenvalue weighted by Crippen LogP contribution is 2.24. The number of aromatic nitrogens is 3. The van der Waals surface area contributed by atoms with Gasteiger partial charge in [0.1, 0.15) is 28.8 Å². The summed E-state index contributed by atoms with van der Waals surface area (Å²) in [4.78, 5) is 17.1. The minimum atomic E-state index is -0.541. The molecular formula is C23H20ClN3O3. The number of oxazole rings is 1. The Morgan fingerprint density at radius 2 is 1.73 bits per heavy atom. The van der Waals surface area contributed by atoms with Crippen molar-refractivity contribution in [2.45, 2.75) is 27.0 Å². The highest BCUT2D eigenvalue weighted by molar-refractivity contribution is 6.32. The number of carbonyl (C=O) groups is 1. The Hall–Kier alpha value is -3.38. The predicted molar refractivity (Wildman–Crippen MR) is 113 cm³/mol. The highest BCUT2D eigenvalue weighted by atomic mass is 35.5. The van der Waals surface area contributed by atoms with Gasteiger partial charge in [0.25, 0.3) is 0 Å². The van der Waals surface area contributed by atoms with Crippen LogP contribution in [0.1, 0.15) is 33.1 Å². The smallest absolute Gasteiger partial charge is 0.343 e. The van der Waals surface area contributed by atoms with E-state index in [1.165, 1.54) is 0 Å². The van der Waals surface area contributed by atoms with Crippen molar-refractivity contribution in [2.24, 2.45) is 0 Å². The fraction of sp³-hybridized carbons (Fsp3) is 0.174. The quantitative estimate of drug-likeness (QED) is 0.399. The fourth-order valence-corrected chi connectivity index (χ4v) is 3.43. The Labute approximate surface area is 179 Å². The van der Waals surface area contributed by atoms with Crippen molar-refractivity contribution in [1.82, 2.24) is 14.8 Å². The lowest BCUT2D eigenvalue weighted by atomic mass is 10.2. The fourth-order valence-electron chi connectivity index (χ4n) is 3.12. The molecule has 0 amide bonds. The molecule has 0 saturated carbocycles. The van der Waals surface area contributed by atoms with Crippen molar-refractivity contribution in [3.63, 3.8) is 0 Å². The number of hydrogen-bond acceptors (Lipinski definition) is 5. The lowest BCUT2D eigenvalue weighted by Gasteiger charge is -2.05. The third kappa shape index (κ3) is 4.14. The lowest BCUT2D eigenvalue weighted by Crippen LogP contribution is -2.08. The van der Waals surface area contributed by atoms with Crippen LogP contribution >= 0.6 is 11.6 Å². The first-order valence-corrected chi connectivity index (χ1v) is 9.86. The third-order valence-corrected chi connectivity index (χ3v) is 5.08. The Morgan fingerprint density at radius 3 is 2.43 bits per heavy atom. The van der Waals surface area contributed by atoms with Crippen LogP contribution in [-0.2, 0) is 17.9 Å². The maximum atomic E-state index is 12.7. The second-order valence-corrected chi connectivity index (χ2v) is 7.22. The van der Waals surface area contributed by atoms with Crippen LogP contribution in [0.15, 0.2) is 65.1 Å². The van der Waals surface area contributed by atoms with Gasteiger partial charge in [-0.25, -0.2) is 14.5 Å². The van der Waals surface area contributed by atoms with E-state index in [2.05, 4.69) is 10.1 Å². The van der Waals surface area contributed by atoms with Crippen LogP contribution < -0.4 is 0 Å². The minimum absolute atomic E-state index is 0.0133. The second kappa shape index (κ2) is 8.55. The molecule has 0 unspecified atom stereocenters. The van der Waals surface area contributed by atoms with Crippen molar-refractivity contribution in [3.8, 4) is 11.5 Å². The second-order valence-electron chi connectivity index (χ2n) is 6.86. The summed E-state index contributed by atoms with van der Waals surface area (Å²) >= 11 is 6.44. The lowest BCUT2D eigenvalue weighted by molar-refractivity contribution is 0.0466. The van der Waals surface area contributed by atoms with E-state index in [0.717, 1.165) is 11.1 Å². The van der Waals surface area contributed by atoms with Gasteiger partial charge in [-0.05, 0) is 31.5 Å². The molecule has 0 bridgehead atoms. The van der Waals surface area contributed by atoms with E-state index in [9.17, 15) is 4.79 Å². The average molecular weight is 422 g/mol. The minimum Gasteiger partial charge on any atom is -0.455 e. The summed E-state index contributed by atoms with van der Waals surface area (Å²) < 4.78 is 12.8. The third-order valence-electron chi connectivity index (χ3n) is 4.70. The molecule has 30 heavy (non-hydrogen) atoms. The molecule has 0 radical (unpaired) electrons. The monoisotopic (exact) mass is 421 g/mol. The number of hydrogen-bond donors (Lipinski definition) is 0. The van der Waals surface area contributed by atoms with E-state index < -0.39 is 5.97 Å². The number of rotatable bonds is 6. The zero-order valence-electron chi connectivity index (χ0n) is 16.6. The summed E-state index contributed by atoms with van der Waals surface area (Å²) in [6, 6.07) is 19.3. The number of aryl methyl sites for hydroxylation is 2. The Morgan fingerprint density at radius 1 is 1.07 bits per heavy atom. The van der Waals surface area contributed by atoms with Crippen molar-refractivity contribution in [1.29, 1.82) is 0 Å². The molecule has 4 aromatic rings. The molecule has 2 heterocycles. The first-order chi connectivity index (χ1) is 14.5. The topological polar surface area (TPSA) is 70.2 Å². The van der Waals surface area contributed by atoms with E-state index in [-0.39, 0.29) is 17.3 Å². The van der Waals surface area contributed by atoms with Crippen molar-refractivity contribution in [2.75, 3.05) is 0 Å². The van der Waals surface area contributed by atoms with Crippen molar-refractivity contribution in [3.05, 3.63) is 94.1 Å². The van der Waals surface area contributed by atoms with E-state index in [0.29, 0.717) is 29.6 Å². The van der Waals surface area contributed by atoms with Gasteiger partial charge >= 0.3 is 5.97 Å². The summed E-state index contributed by atoms with van der Waals surface area (Å²) in [5.74, 6) is 0.550.